The summed E-state index contributed by atoms with van der Waals surface area (Å²) in [6, 6.07) is 10.7. The van der Waals surface area contributed by atoms with Crippen LogP contribution in [0.15, 0.2) is 42.6 Å². The normalized spacial score (nSPS) is 13.8. The van der Waals surface area contributed by atoms with Gasteiger partial charge in [-0.25, -0.2) is 9.37 Å². The Hall–Kier alpha value is -2.82. The van der Waals surface area contributed by atoms with E-state index in [1.165, 1.54) is 0 Å². The lowest BCUT2D eigenvalue weighted by molar-refractivity contribution is 0.0971. The third-order valence-electron chi connectivity index (χ3n) is 4.61. The number of fused-ring (bicyclic) bond motifs is 1. The maximum atomic E-state index is 14.3. The van der Waals surface area contributed by atoms with Crippen molar-refractivity contribution in [2.24, 2.45) is 0 Å². The number of nitrogens with zero attached hydrogens (tertiary/aromatic N) is 1. The topological polar surface area (TPSA) is 45.8 Å². The molecule has 0 amide bonds. The monoisotopic (exact) mass is 338 g/mol. The van der Waals surface area contributed by atoms with E-state index >= 15 is 0 Å². The molecule has 0 saturated carbocycles. The highest BCUT2D eigenvalue weighted by Gasteiger charge is 2.27. The third-order valence-corrected chi connectivity index (χ3v) is 4.61. The van der Waals surface area contributed by atoms with Gasteiger partial charge in [-0.15, -0.1) is 0 Å². The molecule has 0 bridgehead atoms. The van der Waals surface area contributed by atoms with Crippen molar-refractivity contribution in [2.45, 2.75) is 25.7 Å². The first-order valence-electron chi connectivity index (χ1n) is 8.25. The Morgan fingerprint density at radius 1 is 1.12 bits per heavy atom. The van der Waals surface area contributed by atoms with Crippen LogP contribution in [0.1, 0.15) is 40.0 Å². The summed E-state index contributed by atoms with van der Waals surface area (Å²) in [5.74, 6) is -1.30. The molecule has 25 heavy (non-hydrogen) atoms. The summed E-state index contributed by atoms with van der Waals surface area (Å²) in [6.07, 6.45) is 3.34. The first-order valence-corrected chi connectivity index (χ1v) is 8.25. The molecule has 0 spiro atoms. The van der Waals surface area contributed by atoms with E-state index in [0.717, 1.165) is 41.9 Å². The number of aromatic amines is 1. The quantitative estimate of drug-likeness (QED) is 0.717. The summed E-state index contributed by atoms with van der Waals surface area (Å²) in [5, 5.41) is 0. The highest BCUT2D eigenvalue weighted by atomic mass is 19.1. The van der Waals surface area contributed by atoms with Gasteiger partial charge in [0.1, 0.15) is 0 Å². The van der Waals surface area contributed by atoms with Crippen molar-refractivity contribution < 1.29 is 13.6 Å². The fraction of sp³-hybridized carbons (Fsp3) is 0.200. The van der Waals surface area contributed by atoms with Gasteiger partial charge in [0.05, 0.1) is 11.9 Å². The Bertz CT molecular complexity index is 948. The number of nitrogens with one attached hydrogen (secondary N) is 1. The summed E-state index contributed by atoms with van der Waals surface area (Å²) in [7, 11) is 0. The summed E-state index contributed by atoms with van der Waals surface area (Å²) in [6.45, 7) is 0. The number of ketones is 1. The van der Waals surface area contributed by atoms with E-state index in [4.69, 9.17) is 0 Å². The third kappa shape index (κ3) is 2.86. The first kappa shape index (κ1) is 15.7. The zero-order chi connectivity index (χ0) is 17.4. The molecule has 4 rings (SSSR count). The summed E-state index contributed by atoms with van der Waals surface area (Å²) in [4.78, 5) is 19.0. The van der Waals surface area contributed by atoms with Crippen molar-refractivity contribution in [1.82, 2.24) is 9.97 Å². The molecule has 3 nitrogen and oxygen atoms in total. The molecular weight excluding hydrogens is 322 g/mol. The fourth-order valence-electron chi connectivity index (χ4n) is 3.48. The number of aryl methyl sites for hydroxylation is 1. The number of carbonyl (C=O) groups excluding carboxylic acids is 1. The lowest BCUT2D eigenvalue weighted by atomic mass is 9.89. The highest BCUT2D eigenvalue weighted by Crippen LogP contribution is 2.35. The maximum absolute atomic E-state index is 14.3. The maximum Gasteiger partial charge on any atom is 0.213 e. The van der Waals surface area contributed by atoms with E-state index in [9.17, 15) is 13.6 Å². The Balaban J connectivity index is 1.92. The van der Waals surface area contributed by atoms with Crippen LogP contribution in [0.4, 0.5) is 8.78 Å². The minimum Gasteiger partial charge on any atom is -0.357 e. The molecule has 2 heterocycles. The number of hydrogen-bond donors (Lipinski definition) is 1. The molecule has 1 aromatic carbocycles. The summed E-state index contributed by atoms with van der Waals surface area (Å²) < 4.78 is 27.9. The number of rotatable bonds is 3. The van der Waals surface area contributed by atoms with E-state index in [1.54, 1.807) is 0 Å². The number of carbonyl (C=O) groups is 1. The van der Waals surface area contributed by atoms with Gasteiger partial charge in [-0.1, -0.05) is 30.3 Å². The van der Waals surface area contributed by atoms with Gasteiger partial charge >= 0.3 is 0 Å². The van der Waals surface area contributed by atoms with Crippen molar-refractivity contribution in [2.75, 3.05) is 0 Å². The second-order valence-electron chi connectivity index (χ2n) is 6.26. The molecule has 1 aliphatic carbocycles. The van der Waals surface area contributed by atoms with Crippen LogP contribution in [-0.4, -0.2) is 15.8 Å². The number of pyridine rings is 1. The Labute approximate surface area is 143 Å². The molecule has 5 heteroatoms. The van der Waals surface area contributed by atoms with E-state index < -0.39 is 11.8 Å². The minimum absolute atomic E-state index is 0.0598. The van der Waals surface area contributed by atoms with Crippen LogP contribution in [0.5, 0.6) is 0 Å². The molecule has 0 radical (unpaired) electrons. The van der Waals surface area contributed by atoms with E-state index in [-0.39, 0.29) is 11.3 Å². The van der Waals surface area contributed by atoms with Gasteiger partial charge < -0.3 is 4.98 Å². The molecule has 0 fully saturated rings. The molecule has 1 N–H and O–H groups in total. The standard InChI is InChI=1S/C20H16F2N2O/c21-15-11-23-18(22)10-13(15)20-14(9-12-5-2-1-3-6-12)19-16(24-20)7-4-8-17(19)25/h1-3,5-6,10-11,24H,4,7-9H2. The van der Waals surface area contributed by atoms with Crippen molar-refractivity contribution >= 4 is 5.78 Å². The molecule has 2 aromatic heterocycles. The lowest BCUT2D eigenvalue weighted by Crippen LogP contribution is -2.11. The van der Waals surface area contributed by atoms with E-state index in [2.05, 4.69) is 9.97 Å². The molecule has 1 aliphatic rings. The largest absolute Gasteiger partial charge is 0.357 e. The van der Waals surface area contributed by atoms with Gasteiger partial charge in [0.25, 0.3) is 0 Å². The SMILES string of the molecule is O=C1CCCc2[nH]c(-c3cc(F)ncc3F)c(Cc3ccccc3)c21. The number of H-pyrrole nitrogens is 1. The van der Waals surface area contributed by atoms with Gasteiger partial charge in [-0.05, 0) is 24.0 Å². The Morgan fingerprint density at radius 2 is 1.92 bits per heavy atom. The van der Waals surface area contributed by atoms with Crippen LogP contribution in [0.2, 0.25) is 0 Å². The number of aromatic nitrogens is 2. The van der Waals surface area contributed by atoms with Gasteiger partial charge in [-0.2, -0.15) is 4.39 Å². The van der Waals surface area contributed by atoms with Crippen molar-refractivity contribution in [3.8, 4) is 11.3 Å². The fourth-order valence-corrected chi connectivity index (χ4v) is 3.48. The number of benzene rings is 1. The van der Waals surface area contributed by atoms with Crippen LogP contribution in [0, 0.1) is 11.8 Å². The van der Waals surface area contributed by atoms with Crippen molar-refractivity contribution in [3.63, 3.8) is 0 Å². The summed E-state index contributed by atoms with van der Waals surface area (Å²) in [5.41, 5.74) is 3.79. The highest BCUT2D eigenvalue weighted by molar-refractivity contribution is 6.01. The number of hydrogen-bond acceptors (Lipinski definition) is 2. The molecule has 0 atom stereocenters. The molecule has 3 aromatic rings. The van der Waals surface area contributed by atoms with Gasteiger partial charge in [0.2, 0.25) is 5.95 Å². The van der Waals surface area contributed by atoms with Crippen LogP contribution in [-0.2, 0) is 12.8 Å². The second kappa shape index (κ2) is 6.24. The summed E-state index contributed by atoms with van der Waals surface area (Å²) >= 11 is 0. The molecule has 126 valence electrons. The average molecular weight is 338 g/mol. The van der Waals surface area contributed by atoms with Crippen molar-refractivity contribution in [3.05, 3.63) is 76.7 Å². The van der Waals surface area contributed by atoms with E-state index in [0.29, 0.717) is 24.1 Å². The second-order valence-corrected chi connectivity index (χ2v) is 6.26. The Morgan fingerprint density at radius 3 is 2.72 bits per heavy atom. The van der Waals surface area contributed by atoms with Crippen molar-refractivity contribution in [1.29, 1.82) is 0 Å². The molecule has 0 saturated heterocycles. The zero-order valence-electron chi connectivity index (χ0n) is 13.5. The minimum atomic E-state index is -0.749. The lowest BCUT2D eigenvalue weighted by Gasteiger charge is -2.12. The molecular formula is C20H16F2N2O. The van der Waals surface area contributed by atoms with E-state index in [1.807, 2.05) is 30.3 Å². The Kier molecular flexibility index (Phi) is 3.92. The van der Waals surface area contributed by atoms with Gasteiger partial charge in [-0.3, -0.25) is 4.79 Å². The molecule has 0 unspecified atom stereocenters. The van der Waals surface area contributed by atoms with Crippen LogP contribution < -0.4 is 0 Å². The van der Waals surface area contributed by atoms with Gasteiger partial charge in [0, 0.05) is 35.7 Å². The van der Waals surface area contributed by atoms with Crippen LogP contribution in [0.3, 0.4) is 0 Å². The average Bonchev–Trinajstić information content (AvgIpc) is 2.97. The molecule has 0 aliphatic heterocycles. The van der Waals surface area contributed by atoms with Gasteiger partial charge in [0.15, 0.2) is 11.6 Å². The number of Topliss-reactive ketones (excluding diaryl/α,β-unsaturated/α-hetero) is 1. The zero-order valence-corrected chi connectivity index (χ0v) is 13.5. The van der Waals surface area contributed by atoms with Crippen LogP contribution in [0.25, 0.3) is 11.3 Å². The number of halogens is 2. The van der Waals surface area contributed by atoms with Crippen LogP contribution >= 0.6 is 0 Å². The smallest absolute Gasteiger partial charge is 0.213 e. The predicted octanol–water partition coefficient (Wildman–Crippen LogP) is 4.46. The predicted molar refractivity (Wildman–Crippen MR) is 90.5 cm³/mol. The first-order chi connectivity index (χ1) is 12.1.